The fourth-order valence-electron chi connectivity index (χ4n) is 2.02. The topological polar surface area (TPSA) is 65.5 Å². The zero-order valence-electron chi connectivity index (χ0n) is 9.28. The molecule has 0 aromatic heterocycles. The molecule has 0 saturated carbocycles. The van der Waals surface area contributed by atoms with Gasteiger partial charge in [-0.3, -0.25) is 5.32 Å². The quantitative estimate of drug-likeness (QED) is 0.478. The number of rotatable bonds is 4. The first kappa shape index (κ1) is 11.3. The maximum Gasteiger partial charge on any atom is 0.165 e. The molecule has 0 radical (unpaired) electrons. The van der Waals surface area contributed by atoms with E-state index in [2.05, 4.69) is 33.3 Å². The van der Waals surface area contributed by atoms with Crippen molar-refractivity contribution in [2.24, 2.45) is 5.18 Å². The monoisotopic (exact) mass is 222 g/mol. The SMILES string of the molecule is O=NC1NCCC=C1CNC1CC=CNC1. The first-order chi connectivity index (χ1) is 7.90. The maximum atomic E-state index is 10.6. The van der Waals surface area contributed by atoms with Gasteiger partial charge in [-0.05, 0) is 29.8 Å². The first-order valence-corrected chi connectivity index (χ1v) is 5.76. The molecule has 2 aliphatic rings. The summed E-state index contributed by atoms with van der Waals surface area (Å²) in [4.78, 5) is 10.6. The minimum absolute atomic E-state index is 0.339. The Kier molecular flexibility index (Phi) is 4.07. The van der Waals surface area contributed by atoms with Gasteiger partial charge >= 0.3 is 0 Å². The summed E-state index contributed by atoms with van der Waals surface area (Å²) < 4.78 is 0. The lowest BCUT2D eigenvalue weighted by Gasteiger charge is -2.24. The molecule has 16 heavy (non-hydrogen) atoms. The van der Waals surface area contributed by atoms with E-state index in [1.54, 1.807) is 0 Å². The number of hydrogen-bond acceptors (Lipinski definition) is 5. The van der Waals surface area contributed by atoms with E-state index in [0.717, 1.165) is 38.0 Å². The molecule has 0 bridgehead atoms. The summed E-state index contributed by atoms with van der Waals surface area (Å²) >= 11 is 0. The van der Waals surface area contributed by atoms with Gasteiger partial charge < -0.3 is 10.6 Å². The molecular weight excluding hydrogens is 204 g/mol. The Morgan fingerprint density at radius 3 is 3.25 bits per heavy atom. The van der Waals surface area contributed by atoms with Gasteiger partial charge in [-0.2, -0.15) is 0 Å². The average Bonchev–Trinajstić information content (AvgIpc) is 2.38. The summed E-state index contributed by atoms with van der Waals surface area (Å²) in [6, 6.07) is 0.445. The normalized spacial score (nSPS) is 29.4. The van der Waals surface area contributed by atoms with Gasteiger partial charge in [-0.15, -0.1) is 4.91 Å². The fourth-order valence-corrected chi connectivity index (χ4v) is 2.02. The molecule has 3 N–H and O–H groups in total. The highest BCUT2D eigenvalue weighted by Gasteiger charge is 2.18. The smallest absolute Gasteiger partial charge is 0.165 e. The average molecular weight is 222 g/mol. The Hall–Kier alpha value is -1.20. The van der Waals surface area contributed by atoms with E-state index >= 15 is 0 Å². The highest BCUT2D eigenvalue weighted by atomic mass is 16.3. The molecule has 0 aromatic rings. The Bertz CT molecular complexity index is 300. The van der Waals surface area contributed by atoms with Crippen molar-refractivity contribution in [3.05, 3.63) is 28.8 Å². The molecule has 0 aromatic carbocycles. The van der Waals surface area contributed by atoms with Crippen molar-refractivity contribution in [3.8, 4) is 0 Å². The van der Waals surface area contributed by atoms with Gasteiger partial charge in [0.1, 0.15) is 0 Å². The molecular formula is C11H18N4O. The number of nitrogens with one attached hydrogen (secondary N) is 3. The second-order valence-corrected chi connectivity index (χ2v) is 4.15. The minimum Gasteiger partial charge on any atom is -0.390 e. The van der Waals surface area contributed by atoms with E-state index in [4.69, 9.17) is 0 Å². The highest BCUT2D eigenvalue weighted by Crippen LogP contribution is 2.10. The van der Waals surface area contributed by atoms with E-state index in [0.29, 0.717) is 6.04 Å². The van der Waals surface area contributed by atoms with Crippen molar-refractivity contribution in [1.29, 1.82) is 0 Å². The molecule has 5 heteroatoms. The summed E-state index contributed by atoms with van der Waals surface area (Å²) in [5.74, 6) is 0. The molecule has 88 valence electrons. The summed E-state index contributed by atoms with van der Waals surface area (Å²) in [7, 11) is 0. The second-order valence-electron chi connectivity index (χ2n) is 4.15. The minimum atomic E-state index is -0.339. The zero-order valence-corrected chi connectivity index (χ0v) is 9.28. The van der Waals surface area contributed by atoms with E-state index in [1.807, 2.05) is 6.20 Å². The van der Waals surface area contributed by atoms with Crippen LogP contribution in [0.1, 0.15) is 12.8 Å². The molecule has 0 fully saturated rings. The van der Waals surface area contributed by atoms with E-state index < -0.39 is 0 Å². The maximum absolute atomic E-state index is 10.6. The molecule has 5 nitrogen and oxygen atoms in total. The first-order valence-electron chi connectivity index (χ1n) is 5.76. The molecule has 0 spiro atoms. The lowest BCUT2D eigenvalue weighted by Crippen LogP contribution is -2.43. The largest absolute Gasteiger partial charge is 0.390 e. The lowest BCUT2D eigenvalue weighted by atomic mass is 10.1. The third-order valence-electron chi connectivity index (χ3n) is 2.96. The van der Waals surface area contributed by atoms with Crippen LogP contribution < -0.4 is 16.0 Å². The van der Waals surface area contributed by atoms with Crippen molar-refractivity contribution >= 4 is 0 Å². The van der Waals surface area contributed by atoms with Gasteiger partial charge in [0, 0.05) is 25.7 Å². The van der Waals surface area contributed by atoms with Crippen LogP contribution in [0, 0.1) is 4.91 Å². The van der Waals surface area contributed by atoms with Crippen LogP contribution in [0.25, 0.3) is 0 Å². The number of nitroso groups, excluding NO2 is 1. The third-order valence-corrected chi connectivity index (χ3v) is 2.96. The Morgan fingerprint density at radius 2 is 2.50 bits per heavy atom. The third kappa shape index (κ3) is 2.90. The van der Waals surface area contributed by atoms with Crippen LogP contribution in [0.4, 0.5) is 0 Å². The predicted octanol–water partition coefficient (Wildman–Crippen LogP) is 0.464. The van der Waals surface area contributed by atoms with Crippen molar-refractivity contribution in [3.63, 3.8) is 0 Å². The Labute approximate surface area is 95.3 Å². The molecule has 2 unspecified atom stereocenters. The Morgan fingerprint density at radius 1 is 1.56 bits per heavy atom. The molecule has 0 saturated heterocycles. The predicted molar refractivity (Wildman–Crippen MR) is 63.8 cm³/mol. The van der Waals surface area contributed by atoms with Crippen LogP contribution in [0.15, 0.2) is 29.1 Å². The zero-order chi connectivity index (χ0) is 11.2. The molecule has 2 aliphatic heterocycles. The lowest BCUT2D eigenvalue weighted by molar-refractivity contribution is 0.478. The molecule has 0 amide bonds. The van der Waals surface area contributed by atoms with Crippen molar-refractivity contribution in [2.75, 3.05) is 19.6 Å². The van der Waals surface area contributed by atoms with Gasteiger partial charge in [0.05, 0.1) is 0 Å². The highest BCUT2D eigenvalue weighted by molar-refractivity contribution is 5.15. The molecule has 2 atom stereocenters. The van der Waals surface area contributed by atoms with Gasteiger partial charge in [0.15, 0.2) is 6.17 Å². The van der Waals surface area contributed by atoms with E-state index in [9.17, 15) is 4.91 Å². The van der Waals surface area contributed by atoms with Gasteiger partial charge in [0.25, 0.3) is 0 Å². The van der Waals surface area contributed by atoms with Crippen LogP contribution in [0.2, 0.25) is 0 Å². The van der Waals surface area contributed by atoms with Crippen LogP contribution in [-0.2, 0) is 0 Å². The molecule has 2 heterocycles. The molecule has 2 rings (SSSR count). The summed E-state index contributed by atoms with van der Waals surface area (Å²) in [6.45, 7) is 2.52. The van der Waals surface area contributed by atoms with E-state index in [-0.39, 0.29) is 6.17 Å². The Balaban J connectivity index is 1.81. The van der Waals surface area contributed by atoms with Gasteiger partial charge in [-0.25, -0.2) is 0 Å². The van der Waals surface area contributed by atoms with Crippen LogP contribution in [-0.4, -0.2) is 31.8 Å². The molecule has 0 aliphatic carbocycles. The van der Waals surface area contributed by atoms with Gasteiger partial charge in [-0.1, -0.05) is 12.2 Å². The van der Waals surface area contributed by atoms with Crippen molar-refractivity contribution in [2.45, 2.75) is 25.0 Å². The second kappa shape index (κ2) is 5.77. The standard InChI is InChI=1S/C11H18N4O/c16-15-11-9(3-1-6-13-11)7-14-10-4-2-5-12-8-10/h2-3,5,10-14H,1,4,6-8H2. The van der Waals surface area contributed by atoms with Crippen molar-refractivity contribution < 1.29 is 0 Å². The summed E-state index contributed by atoms with van der Waals surface area (Å²) in [6.07, 6.45) is 7.88. The number of hydrogen-bond donors (Lipinski definition) is 3. The van der Waals surface area contributed by atoms with Crippen LogP contribution in [0.3, 0.4) is 0 Å². The van der Waals surface area contributed by atoms with Crippen LogP contribution in [0.5, 0.6) is 0 Å². The van der Waals surface area contributed by atoms with Gasteiger partial charge in [0.2, 0.25) is 0 Å². The van der Waals surface area contributed by atoms with Crippen molar-refractivity contribution in [1.82, 2.24) is 16.0 Å². The summed E-state index contributed by atoms with van der Waals surface area (Å²) in [5.41, 5.74) is 1.07. The number of nitrogens with zero attached hydrogens (tertiary/aromatic N) is 1. The summed E-state index contributed by atoms with van der Waals surface area (Å²) in [5, 5.41) is 12.8. The fraction of sp³-hybridized carbons (Fsp3) is 0.636. The van der Waals surface area contributed by atoms with E-state index in [1.165, 1.54) is 0 Å². The van der Waals surface area contributed by atoms with Crippen LogP contribution >= 0.6 is 0 Å².